The predicted octanol–water partition coefficient (Wildman–Crippen LogP) is 7.30. The Balaban J connectivity index is 1.50. The van der Waals surface area contributed by atoms with Gasteiger partial charge in [-0.2, -0.15) is 0 Å². The smallest absolute Gasteiger partial charge is 0.121 e. The maximum atomic E-state index is 6.39. The number of benzene rings is 3. The normalized spacial score (nSPS) is 13.0. The Morgan fingerprint density at radius 1 is 0.929 bits per heavy atom. The highest BCUT2D eigenvalue weighted by atomic mass is 35.5. The molecule has 0 bridgehead atoms. The Labute approximate surface area is 180 Å². The van der Waals surface area contributed by atoms with Gasteiger partial charge in [-0.15, -0.1) is 0 Å². The van der Waals surface area contributed by atoms with E-state index in [1.165, 1.54) is 0 Å². The lowest BCUT2D eigenvalue weighted by molar-refractivity contribution is 0.304. The molecule has 28 heavy (non-hydrogen) atoms. The molecular weight excluding hydrogens is 411 g/mol. The van der Waals surface area contributed by atoms with Crippen LogP contribution >= 0.6 is 34.8 Å². The van der Waals surface area contributed by atoms with E-state index in [-0.39, 0.29) is 0 Å². The fourth-order valence-electron chi connectivity index (χ4n) is 3.01. The Kier molecular flexibility index (Phi) is 5.83. The Bertz CT molecular complexity index is 1060. The van der Waals surface area contributed by atoms with Crippen LogP contribution in [0.15, 0.2) is 54.6 Å². The summed E-state index contributed by atoms with van der Waals surface area (Å²) < 4.78 is 5.94. The summed E-state index contributed by atoms with van der Waals surface area (Å²) in [5, 5.41) is 1.74. The lowest BCUT2D eigenvalue weighted by atomic mass is 10.0. The van der Waals surface area contributed by atoms with Crippen LogP contribution in [0.2, 0.25) is 15.1 Å². The molecule has 0 amide bonds. The van der Waals surface area contributed by atoms with E-state index in [0.29, 0.717) is 33.3 Å². The monoisotopic (exact) mass is 425 g/mol. The maximum Gasteiger partial charge on any atom is 0.121 e. The zero-order valence-corrected chi connectivity index (χ0v) is 17.2. The minimum absolute atomic E-state index is 0.345. The number of ether oxygens (including phenoxy) is 1. The van der Waals surface area contributed by atoms with Crippen LogP contribution in [0.3, 0.4) is 0 Å². The summed E-state index contributed by atoms with van der Waals surface area (Å²) in [6.45, 7) is 0.345. The molecule has 1 aliphatic rings. The molecule has 1 aliphatic carbocycles. The van der Waals surface area contributed by atoms with E-state index in [4.69, 9.17) is 39.5 Å². The maximum absolute atomic E-state index is 6.39. The Morgan fingerprint density at radius 3 is 2.43 bits per heavy atom. The first-order valence-electron chi connectivity index (χ1n) is 8.99. The lowest BCUT2D eigenvalue weighted by Gasteiger charge is -2.13. The molecule has 0 heterocycles. The summed E-state index contributed by atoms with van der Waals surface area (Å²) >= 11 is 18.9. The molecule has 1 fully saturated rings. The molecule has 0 aromatic heterocycles. The summed E-state index contributed by atoms with van der Waals surface area (Å²) in [7, 11) is 0. The standard InChI is InChI=1S/C24H16Cl3O/c25-20-12-19(24(18-8-9-18)23(27)13-20)15-28-21-11-10-17(22(26)14-21)7-6-16-4-2-1-3-5-16/h1-5,10-11,13-14,18H,8-9,15H2. The van der Waals surface area contributed by atoms with E-state index in [9.17, 15) is 0 Å². The molecule has 3 aromatic carbocycles. The third kappa shape index (κ3) is 4.65. The van der Waals surface area contributed by atoms with Gasteiger partial charge in [-0.3, -0.25) is 0 Å². The second kappa shape index (κ2) is 8.50. The number of halogens is 3. The molecule has 0 spiro atoms. The van der Waals surface area contributed by atoms with Gasteiger partial charge in [0.2, 0.25) is 0 Å². The van der Waals surface area contributed by atoms with E-state index in [2.05, 4.69) is 17.9 Å². The molecule has 0 aliphatic heterocycles. The second-order valence-electron chi connectivity index (χ2n) is 6.68. The van der Waals surface area contributed by atoms with Crippen LogP contribution in [0.25, 0.3) is 0 Å². The van der Waals surface area contributed by atoms with E-state index in [1.807, 2.05) is 42.5 Å². The lowest BCUT2D eigenvalue weighted by Crippen LogP contribution is -2.01. The number of rotatable bonds is 4. The third-order valence-corrected chi connectivity index (χ3v) is 5.36. The minimum atomic E-state index is 0.345. The summed E-state index contributed by atoms with van der Waals surface area (Å²) in [5.74, 6) is 7.36. The van der Waals surface area contributed by atoms with Crippen molar-refractivity contribution in [1.82, 2.24) is 0 Å². The largest absolute Gasteiger partial charge is 0.489 e. The summed E-state index contributed by atoms with van der Waals surface area (Å²) in [4.78, 5) is 0. The van der Waals surface area contributed by atoms with E-state index < -0.39 is 0 Å². The molecule has 1 radical (unpaired) electrons. The zero-order valence-electron chi connectivity index (χ0n) is 14.9. The van der Waals surface area contributed by atoms with Crippen molar-refractivity contribution in [1.29, 1.82) is 0 Å². The fraction of sp³-hybridized carbons (Fsp3) is 0.167. The number of hydrogen-bond acceptors (Lipinski definition) is 1. The van der Waals surface area contributed by atoms with Gasteiger partial charge in [0.1, 0.15) is 12.4 Å². The van der Waals surface area contributed by atoms with Crippen LogP contribution in [0.4, 0.5) is 0 Å². The summed E-state index contributed by atoms with van der Waals surface area (Å²) in [6, 6.07) is 20.2. The second-order valence-corrected chi connectivity index (χ2v) is 7.90. The van der Waals surface area contributed by atoms with Crippen molar-refractivity contribution in [2.75, 3.05) is 0 Å². The molecule has 0 N–H and O–H groups in total. The van der Waals surface area contributed by atoms with Crippen LogP contribution in [-0.2, 0) is 6.61 Å². The van der Waals surface area contributed by atoms with Gasteiger partial charge in [0.15, 0.2) is 0 Å². The van der Waals surface area contributed by atoms with Gasteiger partial charge < -0.3 is 4.74 Å². The average Bonchev–Trinajstić information content (AvgIpc) is 3.51. The summed E-state index contributed by atoms with van der Waals surface area (Å²) in [6.07, 6.45) is 2.28. The van der Waals surface area contributed by atoms with Crippen molar-refractivity contribution in [3.63, 3.8) is 0 Å². The van der Waals surface area contributed by atoms with Gasteiger partial charge in [0.25, 0.3) is 0 Å². The molecular formula is C24H16Cl3O. The van der Waals surface area contributed by atoms with Crippen molar-refractivity contribution in [2.24, 2.45) is 0 Å². The van der Waals surface area contributed by atoms with Crippen molar-refractivity contribution < 1.29 is 4.74 Å². The average molecular weight is 427 g/mol. The molecule has 0 atom stereocenters. The molecule has 0 saturated heterocycles. The highest BCUT2D eigenvalue weighted by Crippen LogP contribution is 2.45. The molecule has 1 saturated carbocycles. The van der Waals surface area contributed by atoms with Crippen molar-refractivity contribution in [2.45, 2.75) is 25.4 Å². The first-order valence-corrected chi connectivity index (χ1v) is 10.1. The summed E-state index contributed by atoms with van der Waals surface area (Å²) in [5.41, 5.74) is 3.71. The van der Waals surface area contributed by atoms with Gasteiger partial charge in [-0.1, -0.05) is 64.8 Å². The minimum Gasteiger partial charge on any atom is -0.489 e. The number of hydrogen-bond donors (Lipinski definition) is 0. The predicted molar refractivity (Wildman–Crippen MR) is 115 cm³/mol. The third-order valence-electron chi connectivity index (χ3n) is 4.53. The highest BCUT2D eigenvalue weighted by Gasteiger charge is 2.29. The van der Waals surface area contributed by atoms with Gasteiger partial charge in [0.05, 0.1) is 10.0 Å². The van der Waals surface area contributed by atoms with E-state index in [0.717, 1.165) is 35.1 Å². The van der Waals surface area contributed by atoms with Crippen LogP contribution in [-0.4, -0.2) is 0 Å². The molecule has 4 rings (SSSR count). The van der Waals surface area contributed by atoms with Crippen molar-refractivity contribution in [3.8, 4) is 17.6 Å². The van der Waals surface area contributed by atoms with Crippen LogP contribution < -0.4 is 4.74 Å². The van der Waals surface area contributed by atoms with Crippen molar-refractivity contribution in [3.05, 3.63) is 98.0 Å². The molecule has 1 nitrogen and oxygen atoms in total. The van der Waals surface area contributed by atoms with Gasteiger partial charge >= 0.3 is 0 Å². The fourth-order valence-corrected chi connectivity index (χ4v) is 3.89. The highest BCUT2D eigenvalue weighted by molar-refractivity contribution is 6.35. The van der Waals surface area contributed by atoms with Crippen LogP contribution in [0.1, 0.15) is 41.0 Å². The molecule has 3 aromatic rings. The molecule has 139 valence electrons. The SMILES string of the molecule is Clc1[c]c(COc2ccc(C#Cc3ccccc3)c(Cl)c2)c(C2CC2)c(Cl)c1. The van der Waals surface area contributed by atoms with Crippen LogP contribution in [0.5, 0.6) is 5.75 Å². The quantitative estimate of drug-likeness (QED) is 0.398. The van der Waals surface area contributed by atoms with Gasteiger partial charge in [0, 0.05) is 33.8 Å². The van der Waals surface area contributed by atoms with Gasteiger partial charge in [-0.05, 0) is 54.7 Å². The Morgan fingerprint density at radius 2 is 1.71 bits per heavy atom. The van der Waals surface area contributed by atoms with Crippen molar-refractivity contribution >= 4 is 34.8 Å². The Hall–Kier alpha value is -2.11. The molecule has 0 unspecified atom stereocenters. The van der Waals surface area contributed by atoms with Crippen LogP contribution in [0, 0.1) is 17.9 Å². The first-order chi connectivity index (χ1) is 13.6. The first kappa shape index (κ1) is 19.2. The van der Waals surface area contributed by atoms with E-state index in [1.54, 1.807) is 12.1 Å². The van der Waals surface area contributed by atoms with E-state index >= 15 is 0 Å². The topological polar surface area (TPSA) is 9.23 Å². The van der Waals surface area contributed by atoms with Gasteiger partial charge in [-0.25, -0.2) is 0 Å². The zero-order chi connectivity index (χ0) is 19.5. The molecule has 4 heteroatoms.